The molecule has 1 fully saturated rings. The topological polar surface area (TPSA) is 64.1 Å². The monoisotopic (exact) mass is 361 g/mol. The summed E-state index contributed by atoms with van der Waals surface area (Å²) in [4.78, 5) is 21.6. The molecule has 0 saturated heterocycles. The van der Waals surface area contributed by atoms with Crippen LogP contribution in [0.15, 0.2) is 42.6 Å². The van der Waals surface area contributed by atoms with Gasteiger partial charge in [0.15, 0.2) is 0 Å². The first kappa shape index (κ1) is 17.5. The Labute approximate surface area is 158 Å². The normalized spacial score (nSPS) is 13.6. The molecule has 1 aromatic carbocycles. The van der Waals surface area contributed by atoms with Crippen LogP contribution in [0.4, 0.5) is 0 Å². The fourth-order valence-electron chi connectivity index (χ4n) is 3.03. The third kappa shape index (κ3) is 4.25. The summed E-state index contributed by atoms with van der Waals surface area (Å²) in [6.07, 6.45) is 4.27. The molecule has 0 spiro atoms. The highest BCUT2D eigenvalue weighted by atomic mass is 16.5. The van der Waals surface area contributed by atoms with Crippen molar-refractivity contribution in [3.8, 4) is 5.88 Å². The molecule has 1 aliphatic rings. The van der Waals surface area contributed by atoms with Crippen LogP contribution in [0.5, 0.6) is 5.88 Å². The summed E-state index contributed by atoms with van der Waals surface area (Å²) in [5, 5.41) is 3.86. The Balaban J connectivity index is 1.44. The molecule has 0 radical (unpaired) electrons. The number of nitrogens with zero attached hydrogens (tertiary/aromatic N) is 2. The van der Waals surface area contributed by atoms with Crippen LogP contribution in [0.2, 0.25) is 0 Å². The number of hydrogen-bond donors (Lipinski definition) is 1. The third-order valence-electron chi connectivity index (χ3n) is 4.75. The molecule has 0 atom stereocenters. The van der Waals surface area contributed by atoms with Crippen LogP contribution in [0.25, 0.3) is 10.9 Å². The summed E-state index contributed by atoms with van der Waals surface area (Å²) in [6, 6.07) is 11.6. The molecule has 0 unspecified atom stereocenters. The van der Waals surface area contributed by atoms with Gasteiger partial charge in [-0.25, -0.2) is 4.98 Å². The van der Waals surface area contributed by atoms with E-state index in [2.05, 4.69) is 15.3 Å². The molecule has 1 N–H and O–H groups in total. The lowest BCUT2D eigenvalue weighted by Crippen LogP contribution is -2.23. The highest BCUT2D eigenvalue weighted by Gasteiger charge is 2.22. The molecular formula is C22H23N3O2. The van der Waals surface area contributed by atoms with Gasteiger partial charge in [0.1, 0.15) is 0 Å². The number of aryl methyl sites for hydroxylation is 2. The first-order valence-electron chi connectivity index (χ1n) is 9.32. The summed E-state index contributed by atoms with van der Waals surface area (Å²) < 4.78 is 5.65. The molecule has 138 valence electrons. The maximum atomic E-state index is 12.8. The molecule has 5 nitrogen and oxygen atoms in total. The zero-order chi connectivity index (χ0) is 18.8. The van der Waals surface area contributed by atoms with Gasteiger partial charge < -0.3 is 10.1 Å². The molecular weight excluding hydrogens is 338 g/mol. The van der Waals surface area contributed by atoms with Crippen molar-refractivity contribution >= 4 is 16.8 Å². The third-order valence-corrected chi connectivity index (χ3v) is 4.75. The first-order chi connectivity index (χ1) is 13.1. The Bertz CT molecular complexity index is 979. The molecule has 4 rings (SSSR count). The van der Waals surface area contributed by atoms with Crippen LogP contribution in [0, 0.1) is 19.8 Å². The van der Waals surface area contributed by atoms with E-state index in [0.717, 1.165) is 34.3 Å². The molecule has 1 amide bonds. The van der Waals surface area contributed by atoms with E-state index >= 15 is 0 Å². The predicted octanol–water partition coefficient (Wildman–Crippen LogP) is 3.97. The van der Waals surface area contributed by atoms with Crippen molar-refractivity contribution in [3.63, 3.8) is 0 Å². The summed E-state index contributed by atoms with van der Waals surface area (Å²) in [5.41, 5.74) is 4.36. The SMILES string of the molecule is Cc1ccc2nc(C)cc(C(=O)NCc3ccc(OCC4CC4)nc3)c2c1. The van der Waals surface area contributed by atoms with E-state index in [0.29, 0.717) is 23.9 Å². The van der Waals surface area contributed by atoms with E-state index in [1.807, 2.05) is 50.2 Å². The van der Waals surface area contributed by atoms with Crippen molar-refractivity contribution in [2.45, 2.75) is 33.2 Å². The van der Waals surface area contributed by atoms with E-state index in [1.165, 1.54) is 12.8 Å². The van der Waals surface area contributed by atoms with Gasteiger partial charge >= 0.3 is 0 Å². The Kier molecular flexibility index (Phi) is 4.75. The number of carbonyl (C=O) groups is 1. The lowest BCUT2D eigenvalue weighted by atomic mass is 10.0. The Morgan fingerprint density at radius 1 is 1.19 bits per heavy atom. The van der Waals surface area contributed by atoms with Crippen molar-refractivity contribution in [2.24, 2.45) is 5.92 Å². The van der Waals surface area contributed by atoms with Gasteiger partial charge in [0, 0.05) is 29.9 Å². The number of carbonyl (C=O) groups excluding carboxylic acids is 1. The number of ether oxygens (including phenoxy) is 1. The molecule has 0 aliphatic heterocycles. The number of nitrogens with one attached hydrogen (secondary N) is 1. The largest absolute Gasteiger partial charge is 0.477 e. The second-order valence-corrected chi connectivity index (χ2v) is 7.27. The van der Waals surface area contributed by atoms with E-state index in [-0.39, 0.29) is 5.91 Å². The molecule has 2 heterocycles. The summed E-state index contributed by atoms with van der Waals surface area (Å²) in [6.45, 7) is 5.08. The molecule has 0 bridgehead atoms. The Morgan fingerprint density at radius 3 is 2.78 bits per heavy atom. The Hall–Kier alpha value is -2.95. The van der Waals surface area contributed by atoms with Gasteiger partial charge in [0.25, 0.3) is 5.91 Å². The van der Waals surface area contributed by atoms with Gasteiger partial charge in [0.05, 0.1) is 17.7 Å². The van der Waals surface area contributed by atoms with Crippen LogP contribution < -0.4 is 10.1 Å². The Morgan fingerprint density at radius 2 is 2.04 bits per heavy atom. The number of hydrogen-bond acceptors (Lipinski definition) is 4. The van der Waals surface area contributed by atoms with Crippen LogP contribution >= 0.6 is 0 Å². The number of aromatic nitrogens is 2. The quantitative estimate of drug-likeness (QED) is 0.722. The summed E-state index contributed by atoms with van der Waals surface area (Å²) >= 11 is 0. The summed E-state index contributed by atoms with van der Waals surface area (Å²) in [7, 11) is 0. The predicted molar refractivity (Wildman–Crippen MR) is 105 cm³/mol. The highest BCUT2D eigenvalue weighted by molar-refractivity contribution is 6.06. The number of fused-ring (bicyclic) bond motifs is 1. The van der Waals surface area contributed by atoms with Crippen molar-refractivity contribution < 1.29 is 9.53 Å². The second-order valence-electron chi connectivity index (χ2n) is 7.27. The minimum atomic E-state index is -0.106. The zero-order valence-corrected chi connectivity index (χ0v) is 15.7. The maximum absolute atomic E-state index is 12.8. The average Bonchev–Trinajstić information content (AvgIpc) is 3.49. The number of pyridine rings is 2. The minimum absolute atomic E-state index is 0.106. The van der Waals surface area contributed by atoms with E-state index < -0.39 is 0 Å². The van der Waals surface area contributed by atoms with Crippen molar-refractivity contribution in [3.05, 3.63) is 65.0 Å². The van der Waals surface area contributed by atoms with Crippen LogP contribution in [0.1, 0.15) is 40.0 Å². The number of benzene rings is 1. The zero-order valence-electron chi connectivity index (χ0n) is 15.7. The second kappa shape index (κ2) is 7.35. The first-order valence-corrected chi connectivity index (χ1v) is 9.32. The van der Waals surface area contributed by atoms with E-state index in [9.17, 15) is 4.79 Å². The van der Waals surface area contributed by atoms with Crippen molar-refractivity contribution in [1.29, 1.82) is 0 Å². The van der Waals surface area contributed by atoms with Gasteiger partial charge in [-0.1, -0.05) is 17.7 Å². The number of rotatable bonds is 6. The van der Waals surface area contributed by atoms with Gasteiger partial charge in [-0.3, -0.25) is 9.78 Å². The van der Waals surface area contributed by atoms with Crippen LogP contribution in [0.3, 0.4) is 0 Å². The highest BCUT2D eigenvalue weighted by Crippen LogP contribution is 2.29. The average molecular weight is 361 g/mol. The minimum Gasteiger partial charge on any atom is -0.477 e. The van der Waals surface area contributed by atoms with Gasteiger partial charge in [-0.15, -0.1) is 0 Å². The van der Waals surface area contributed by atoms with Gasteiger partial charge in [0.2, 0.25) is 5.88 Å². The van der Waals surface area contributed by atoms with Crippen molar-refractivity contribution in [1.82, 2.24) is 15.3 Å². The van der Waals surface area contributed by atoms with Gasteiger partial charge in [-0.2, -0.15) is 0 Å². The molecule has 2 aromatic heterocycles. The van der Waals surface area contributed by atoms with E-state index in [4.69, 9.17) is 4.74 Å². The maximum Gasteiger partial charge on any atom is 0.252 e. The molecule has 5 heteroatoms. The fourth-order valence-corrected chi connectivity index (χ4v) is 3.03. The summed E-state index contributed by atoms with van der Waals surface area (Å²) in [5.74, 6) is 1.24. The van der Waals surface area contributed by atoms with E-state index in [1.54, 1.807) is 6.20 Å². The van der Waals surface area contributed by atoms with Gasteiger partial charge in [-0.05, 0) is 56.4 Å². The van der Waals surface area contributed by atoms with Crippen LogP contribution in [-0.2, 0) is 6.54 Å². The fraction of sp³-hybridized carbons (Fsp3) is 0.318. The molecule has 1 saturated carbocycles. The molecule has 1 aliphatic carbocycles. The standard InChI is InChI=1S/C22H23N3O2/c1-14-3-7-20-18(9-14)19(10-15(2)25-20)22(26)24-12-17-6-8-21(23-11-17)27-13-16-4-5-16/h3,6-11,16H,4-5,12-13H2,1-2H3,(H,24,26). The lowest BCUT2D eigenvalue weighted by Gasteiger charge is -2.10. The number of amides is 1. The molecule has 27 heavy (non-hydrogen) atoms. The van der Waals surface area contributed by atoms with Crippen LogP contribution in [-0.4, -0.2) is 22.5 Å². The lowest BCUT2D eigenvalue weighted by molar-refractivity contribution is 0.0952. The molecule has 3 aromatic rings. The smallest absolute Gasteiger partial charge is 0.252 e. The van der Waals surface area contributed by atoms with Crippen molar-refractivity contribution in [2.75, 3.05) is 6.61 Å².